The highest BCUT2D eigenvalue weighted by Crippen LogP contribution is 2.43. The number of alkyl halides is 3. The van der Waals surface area contributed by atoms with E-state index in [1.165, 1.54) is 19.9 Å². The number of carbonyl (C=O) groups is 1. The molecule has 0 amide bonds. The molecule has 0 fully saturated rings. The lowest BCUT2D eigenvalue weighted by Gasteiger charge is -2.35. The first-order chi connectivity index (χ1) is 11.1. The Morgan fingerprint density at radius 2 is 1.79 bits per heavy atom. The fourth-order valence-corrected chi connectivity index (χ4v) is 2.83. The third kappa shape index (κ3) is 3.08. The van der Waals surface area contributed by atoms with Crippen molar-refractivity contribution < 1.29 is 33.5 Å². The molecule has 6 nitrogen and oxygen atoms in total. The number of hydroxylamine groups is 2. The summed E-state index contributed by atoms with van der Waals surface area (Å²) in [7, 11) is 0. The maximum Gasteiger partial charge on any atom is 0.416 e. The summed E-state index contributed by atoms with van der Waals surface area (Å²) in [6.45, 7) is 2.74. The standard InChI is InChI=1S/C15H15F3N2O4/c1-7-11(14(21)22)12(13(20(23)24)8(2)19-7)9-5-3-4-6-10(9)15(16,17)18/h3-6,12,19,23-24H,1-2H3,(H,21,22)/p-1. The van der Waals surface area contributed by atoms with Crippen LogP contribution in [0.25, 0.3) is 0 Å². The minimum Gasteiger partial charge on any atom is -0.545 e. The van der Waals surface area contributed by atoms with Crippen molar-refractivity contribution in [2.24, 2.45) is 0 Å². The summed E-state index contributed by atoms with van der Waals surface area (Å²) in [6, 6.07) is 4.35. The molecule has 0 saturated carbocycles. The van der Waals surface area contributed by atoms with Gasteiger partial charge in [-0.2, -0.15) is 13.2 Å². The molecule has 1 aromatic rings. The van der Waals surface area contributed by atoms with Gasteiger partial charge in [-0.1, -0.05) is 18.2 Å². The van der Waals surface area contributed by atoms with Gasteiger partial charge in [0.25, 0.3) is 0 Å². The highest BCUT2D eigenvalue weighted by molar-refractivity contribution is 5.89. The van der Waals surface area contributed by atoms with E-state index in [0.717, 1.165) is 18.2 Å². The molecule has 2 rings (SSSR count). The molecular weight excluding hydrogens is 329 g/mol. The first-order valence-corrected chi connectivity index (χ1v) is 6.79. The van der Waals surface area contributed by atoms with Crippen molar-refractivity contribution in [3.05, 3.63) is 58.1 Å². The van der Waals surface area contributed by atoms with Gasteiger partial charge in [0.2, 0.25) is 0 Å². The molecule has 0 aromatic heterocycles. The van der Waals surface area contributed by atoms with Crippen LogP contribution in [-0.4, -0.2) is 21.6 Å². The summed E-state index contributed by atoms with van der Waals surface area (Å²) in [5.74, 6) is -3.28. The Morgan fingerprint density at radius 1 is 1.21 bits per heavy atom. The third-order valence-electron chi connectivity index (χ3n) is 3.74. The first kappa shape index (κ1) is 17.8. The van der Waals surface area contributed by atoms with Crippen molar-refractivity contribution in [1.29, 1.82) is 0 Å². The van der Waals surface area contributed by atoms with Gasteiger partial charge in [-0.3, -0.25) is 10.4 Å². The molecule has 0 bridgehead atoms. The topological polar surface area (TPSA) is 95.9 Å². The van der Waals surface area contributed by atoms with Crippen molar-refractivity contribution in [2.75, 3.05) is 0 Å². The molecule has 130 valence electrons. The van der Waals surface area contributed by atoms with E-state index in [1.54, 1.807) is 0 Å². The number of nitrogens with zero attached hydrogens (tertiary/aromatic N) is 1. The monoisotopic (exact) mass is 343 g/mol. The predicted molar refractivity (Wildman–Crippen MR) is 73.1 cm³/mol. The SMILES string of the molecule is CC1=C(C(=O)[O-])C(c2ccccc2C(F)(F)F)C(N(O)O)=C(C)N1. The van der Waals surface area contributed by atoms with Crippen LogP contribution in [0.15, 0.2) is 46.9 Å². The summed E-state index contributed by atoms with van der Waals surface area (Å²) < 4.78 is 39.9. The predicted octanol–water partition coefficient (Wildman–Crippen LogP) is 1.73. The van der Waals surface area contributed by atoms with Crippen LogP contribution in [0.1, 0.15) is 30.9 Å². The lowest BCUT2D eigenvalue weighted by molar-refractivity contribution is -0.301. The molecule has 1 aliphatic heterocycles. The largest absolute Gasteiger partial charge is 0.545 e. The van der Waals surface area contributed by atoms with Gasteiger partial charge in [-0.05, 0) is 25.5 Å². The molecule has 3 N–H and O–H groups in total. The normalized spacial score (nSPS) is 18.5. The molecule has 1 unspecified atom stereocenters. The Kier molecular flexibility index (Phi) is 4.59. The zero-order chi connectivity index (χ0) is 18.2. The van der Waals surface area contributed by atoms with Crippen molar-refractivity contribution in [2.45, 2.75) is 25.9 Å². The summed E-state index contributed by atoms with van der Waals surface area (Å²) in [4.78, 5) is 11.5. The van der Waals surface area contributed by atoms with E-state index in [2.05, 4.69) is 5.32 Å². The molecule has 0 spiro atoms. The van der Waals surface area contributed by atoms with Crippen LogP contribution in [0.3, 0.4) is 0 Å². The molecule has 1 heterocycles. The van der Waals surface area contributed by atoms with E-state index < -0.39 is 40.5 Å². The number of dihydropyridines is 1. The number of hydrogen-bond donors (Lipinski definition) is 3. The molecule has 0 saturated heterocycles. The second kappa shape index (κ2) is 6.17. The average Bonchev–Trinajstić information content (AvgIpc) is 2.44. The fraction of sp³-hybridized carbons (Fsp3) is 0.267. The highest BCUT2D eigenvalue weighted by atomic mass is 19.4. The number of allylic oxidation sites excluding steroid dienone is 3. The van der Waals surface area contributed by atoms with Crippen LogP contribution in [0.4, 0.5) is 13.2 Å². The van der Waals surface area contributed by atoms with E-state index in [4.69, 9.17) is 0 Å². The van der Waals surface area contributed by atoms with Crippen molar-refractivity contribution in [3.8, 4) is 0 Å². The maximum absolute atomic E-state index is 13.3. The summed E-state index contributed by atoms with van der Waals surface area (Å²) in [5, 5.41) is 32.6. The smallest absolute Gasteiger partial charge is 0.416 e. The van der Waals surface area contributed by atoms with Crippen molar-refractivity contribution in [3.63, 3.8) is 0 Å². The van der Waals surface area contributed by atoms with E-state index in [-0.39, 0.29) is 16.6 Å². The summed E-state index contributed by atoms with van der Waals surface area (Å²) >= 11 is 0. The van der Waals surface area contributed by atoms with Gasteiger partial charge < -0.3 is 15.2 Å². The second-order valence-corrected chi connectivity index (χ2v) is 5.27. The number of benzene rings is 1. The lowest BCUT2D eigenvalue weighted by Crippen LogP contribution is -2.39. The average molecular weight is 343 g/mol. The lowest BCUT2D eigenvalue weighted by atomic mass is 9.81. The van der Waals surface area contributed by atoms with Crippen LogP contribution in [0.5, 0.6) is 0 Å². The Balaban J connectivity index is 2.80. The Morgan fingerprint density at radius 3 is 2.29 bits per heavy atom. The first-order valence-electron chi connectivity index (χ1n) is 6.79. The summed E-state index contributed by atoms with van der Waals surface area (Å²) in [5.41, 5.74) is -2.29. The number of nitrogens with one attached hydrogen (secondary N) is 1. The molecule has 9 heteroatoms. The Labute approximate surface area is 135 Å². The quantitative estimate of drug-likeness (QED) is 0.724. The zero-order valence-corrected chi connectivity index (χ0v) is 12.7. The van der Waals surface area contributed by atoms with E-state index in [0.29, 0.717) is 0 Å². The van der Waals surface area contributed by atoms with Crippen molar-refractivity contribution in [1.82, 2.24) is 10.5 Å². The fourth-order valence-electron chi connectivity index (χ4n) is 2.83. The number of rotatable bonds is 3. The number of hydrogen-bond acceptors (Lipinski definition) is 6. The number of aliphatic carboxylic acids is 1. The Hall–Kier alpha value is -2.52. The van der Waals surface area contributed by atoms with Gasteiger partial charge in [-0.25, -0.2) is 0 Å². The molecular formula is C15H14F3N2O4-. The molecule has 1 aromatic carbocycles. The van der Waals surface area contributed by atoms with Gasteiger partial charge in [-0.15, -0.1) is 5.23 Å². The van der Waals surface area contributed by atoms with Gasteiger partial charge >= 0.3 is 6.18 Å². The van der Waals surface area contributed by atoms with Crippen LogP contribution in [0.2, 0.25) is 0 Å². The number of carboxylic acids is 1. The summed E-state index contributed by atoms with van der Waals surface area (Å²) in [6.07, 6.45) is -4.75. The molecule has 1 atom stereocenters. The minimum atomic E-state index is -4.75. The van der Waals surface area contributed by atoms with Gasteiger partial charge in [0, 0.05) is 17.0 Å². The second-order valence-electron chi connectivity index (χ2n) is 5.27. The van der Waals surface area contributed by atoms with Crippen LogP contribution < -0.4 is 10.4 Å². The molecule has 0 radical (unpaired) electrons. The number of halogens is 3. The van der Waals surface area contributed by atoms with E-state index in [1.807, 2.05) is 0 Å². The number of carbonyl (C=O) groups excluding carboxylic acids is 1. The van der Waals surface area contributed by atoms with Gasteiger partial charge in [0.1, 0.15) is 5.70 Å². The third-order valence-corrected chi connectivity index (χ3v) is 3.74. The minimum absolute atomic E-state index is 0.0556. The van der Waals surface area contributed by atoms with E-state index >= 15 is 0 Å². The maximum atomic E-state index is 13.3. The Bertz CT molecular complexity index is 738. The van der Waals surface area contributed by atoms with E-state index in [9.17, 15) is 33.5 Å². The van der Waals surface area contributed by atoms with Crippen LogP contribution >= 0.6 is 0 Å². The van der Waals surface area contributed by atoms with Crippen LogP contribution in [0, 0.1) is 0 Å². The number of carboxylic acid groups (broad SMARTS) is 1. The van der Waals surface area contributed by atoms with Gasteiger partial charge in [0.15, 0.2) is 0 Å². The van der Waals surface area contributed by atoms with Gasteiger partial charge in [0.05, 0.1) is 17.5 Å². The molecule has 0 aliphatic carbocycles. The highest BCUT2D eigenvalue weighted by Gasteiger charge is 2.40. The molecule has 24 heavy (non-hydrogen) atoms. The molecule has 1 aliphatic rings. The van der Waals surface area contributed by atoms with Crippen LogP contribution in [-0.2, 0) is 11.0 Å². The van der Waals surface area contributed by atoms with Crippen molar-refractivity contribution >= 4 is 5.97 Å². The zero-order valence-electron chi connectivity index (χ0n) is 12.7.